The molecule has 0 saturated carbocycles. The molecular formula is C29H28N4O2. The zero-order valence-corrected chi connectivity index (χ0v) is 19.7. The first-order chi connectivity index (χ1) is 16.9. The fraction of sp³-hybridized carbons (Fsp3) is 0.172. The van der Waals surface area contributed by atoms with Gasteiger partial charge in [0.05, 0.1) is 0 Å². The van der Waals surface area contributed by atoms with Crippen LogP contribution in [-0.2, 0) is 19.5 Å². The molecular weight excluding hydrogens is 436 g/mol. The molecule has 6 heteroatoms. The predicted octanol–water partition coefficient (Wildman–Crippen LogP) is 4.59. The number of amides is 2. The molecule has 5 rings (SSSR count). The van der Waals surface area contributed by atoms with Gasteiger partial charge in [0.1, 0.15) is 0 Å². The van der Waals surface area contributed by atoms with Crippen molar-refractivity contribution in [2.24, 2.45) is 0 Å². The van der Waals surface area contributed by atoms with E-state index in [2.05, 4.69) is 34.7 Å². The third-order valence-corrected chi connectivity index (χ3v) is 6.44. The normalized spacial score (nSPS) is 13.3. The van der Waals surface area contributed by atoms with Gasteiger partial charge in [0, 0.05) is 42.1 Å². The van der Waals surface area contributed by atoms with Crippen LogP contribution < -0.4 is 16.4 Å². The molecule has 1 aliphatic rings. The van der Waals surface area contributed by atoms with E-state index >= 15 is 0 Å². The molecule has 0 unspecified atom stereocenters. The van der Waals surface area contributed by atoms with E-state index in [1.807, 2.05) is 54.6 Å². The minimum atomic E-state index is -0.170. The highest BCUT2D eigenvalue weighted by Crippen LogP contribution is 2.23. The molecule has 0 radical (unpaired) electrons. The molecule has 35 heavy (non-hydrogen) atoms. The van der Waals surface area contributed by atoms with E-state index in [4.69, 9.17) is 5.73 Å². The van der Waals surface area contributed by atoms with Crippen molar-refractivity contribution in [1.82, 2.24) is 10.2 Å². The lowest BCUT2D eigenvalue weighted by Crippen LogP contribution is -2.26. The monoisotopic (exact) mass is 464 g/mol. The van der Waals surface area contributed by atoms with Crippen molar-refractivity contribution in [1.29, 1.82) is 0 Å². The van der Waals surface area contributed by atoms with Gasteiger partial charge in [0.2, 0.25) is 0 Å². The molecule has 1 heterocycles. The largest absolute Gasteiger partial charge is 0.399 e. The van der Waals surface area contributed by atoms with E-state index in [0.717, 1.165) is 41.5 Å². The second kappa shape index (κ2) is 9.60. The maximum atomic E-state index is 12.9. The highest BCUT2D eigenvalue weighted by atomic mass is 16.2. The van der Waals surface area contributed by atoms with Crippen LogP contribution in [0.3, 0.4) is 0 Å². The Kier molecular flexibility index (Phi) is 6.21. The Hall–Kier alpha value is -4.16. The van der Waals surface area contributed by atoms with E-state index < -0.39 is 0 Å². The Morgan fingerprint density at radius 2 is 1.66 bits per heavy atom. The van der Waals surface area contributed by atoms with E-state index in [1.165, 1.54) is 11.1 Å². The summed E-state index contributed by atoms with van der Waals surface area (Å²) in [5.41, 5.74) is 11.9. The molecule has 0 fully saturated rings. The van der Waals surface area contributed by atoms with Gasteiger partial charge in [-0.25, -0.2) is 0 Å². The molecule has 4 N–H and O–H groups in total. The first kappa shape index (κ1) is 22.6. The van der Waals surface area contributed by atoms with Gasteiger partial charge in [-0.3, -0.25) is 9.59 Å². The van der Waals surface area contributed by atoms with Gasteiger partial charge in [-0.05, 0) is 89.5 Å². The van der Waals surface area contributed by atoms with Gasteiger partial charge in [-0.15, -0.1) is 0 Å². The molecule has 0 aromatic heterocycles. The number of rotatable bonds is 5. The Labute approximate surface area is 204 Å². The quantitative estimate of drug-likeness (QED) is 0.377. The summed E-state index contributed by atoms with van der Waals surface area (Å²) in [4.78, 5) is 27.9. The van der Waals surface area contributed by atoms with E-state index in [-0.39, 0.29) is 11.8 Å². The summed E-state index contributed by atoms with van der Waals surface area (Å²) < 4.78 is 0. The summed E-state index contributed by atoms with van der Waals surface area (Å²) in [5.74, 6) is -0.339. The van der Waals surface area contributed by atoms with Crippen molar-refractivity contribution in [3.05, 3.63) is 107 Å². The van der Waals surface area contributed by atoms with Crippen molar-refractivity contribution >= 4 is 34.0 Å². The van der Waals surface area contributed by atoms with Crippen LogP contribution in [0.4, 0.5) is 11.4 Å². The van der Waals surface area contributed by atoms with E-state index in [1.54, 1.807) is 12.1 Å². The average Bonchev–Trinajstić information content (AvgIpc) is 2.87. The highest BCUT2D eigenvalue weighted by Gasteiger charge is 2.15. The minimum Gasteiger partial charge on any atom is -0.399 e. The number of nitrogens with one attached hydrogen (secondary N) is 2. The first-order valence-electron chi connectivity index (χ1n) is 11.7. The van der Waals surface area contributed by atoms with Crippen molar-refractivity contribution < 1.29 is 9.59 Å². The van der Waals surface area contributed by atoms with Gasteiger partial charge >= 0.3 is 0 Å². The zero-order chi connectivity index (χ0) is 24.4. The second-order valence-corrected chi connectivity index (χ2v) is 9.13. The van der Waals surface area contributed by atoms with Crippen molar-refractivity contribution in [2.45, 2.75) is 19.5 Å². The Bertz CT molecular complexity index is 1430. The standard InChI is InChI=1S/C29H28N4O2/c1-33-12-11-20-8-10-27(16-25(20)18-33)32-29(35)23-4-2-3-19(13-23)17-31-28(34)24-6-5-22-15-26(30)9-7-21(22)14-24/h2-10,13-16H,11-12,17-18,30H2,1H3,(H,31,34)(H,32,35). The molecule has 2 amide bonds. The summed E-state index contributed by atoms with van der Waals surface area (Å²) in [6.45, 7) is 2.27. The number of anilines is 2. The second-order valence-electron chi connectivity index (χ2n) is 9.13. The Balaban J connectivity index is 1.23. The summed E-state index contributed by atoms with van der Waals surface area (Å²) in [5, 5.41) is 7.90. The molecule has 0 spiro atoms. The smallest absolute Gasteiger partial charge is 0.255 e. The molecule has 0 saturated heterocycles. The fourth-order valence-corrected chi connectivity index (χ4v) is 4.49. The van der Waals surface area contributed by atoms with Crippen LogP contribution in [0, 0.1) is 0 Å². The topological polar surface area (TPSA) is 87.5 Å². The molecule has 4 aromatic rings. The lowest BCUT2D eigenvalue weighted by Gasteiger charge is -2.25. The minimum absolute atomic E-state index is 0.169. The van der Waals surface area contributed by atoms with Crippen molar-refractivity contribution in [3.8, 4) is 0 Å². The predicted molar refractivity (Wildman–Crippen MR) is 140 cm³/mol. The highest BCUT2D eigenvalue weighted by molar-refractivity contribution is 6.04. The van der Waals surface area contributed by atoms with Crippen molar-refractivity contribution in [2.75, 3.05) is 24.6 Å². The zero-order valence-electron chi connectivity index (χ0n) is 19.7. The van der Waals surface area contributed by atoms with Gasteiger partial charge in [0.25, 0.3) is 11.8 Å². The molecule has 0 atom stereocenters. The number of nitrogens with two attached hydrogens (primary N) is 1. The number of nitrogen functional groups attached to an aromatic ring is 1. The van der Waals surface area contributed by atoms with Crippen LogP contribution in [0.25, 0.3) is 10.8 Å². The number of carbonyl (C=O) groups is 2. The number of hydrogen-bond acceptors (Lipinski definition) is 4. The number of benzene rings is 4. The van der Waals surface area contributed by atoms with Crippen LogP contribution in [0.15, 0.2) is 78.9 Å². The van der Waals surface area contributed by atoms with Gasteiger partial charge in [0.15, 0.2) is 0 Å². The van der Waals surface area contributed by atoms with Crippen LogP contribution in [-0.4, -0.2) is 30.3 Å². The molecule has 4 aromatic carbocycles. The van der Waals surface area contributed by atoms with Gasteiger partial charge < -0.3 is 21.3 Å². The molecule has 176 valence electrons. The summed E-state index contributed by atoms with van der Waals surface area (Å²) in [7, 11) is 2.11. The maximum Gasteiger partial charge on any atom is 0.255 e. The Morgan fingerprint density at radius 1 is 0.857 bits per heavy atom. The maximum absolute atomic E-state index is 12.9. The number of likely N-dealkylation sites (N-methyl/N-ethyl adjacent to an activating group) is 1. The van der Waals surface area contributed by atoms with Crippen LogP contribution in [0.1, 0.15) is 37.4 Å². The van der Waals surface area contributed by atoms with Crippen LogP contribution in [0.2, 0.25) is 0 Å². The first-order valence-corrected chi connectivity index (χ1v) is 11.7. The number of nitrogens with zero attached hydrogens (tertiary/aromatic N) is 1. The molecule has 1 aliphatic heterocycles. The molecule has 0 bridgehead atoms. The number of hydrogen-bond donors (Lipinski definition) is 3. The lowest BCUT2D eigenvalue weighted by molar-refractivity contribution is 0.0950. The fourth-order valence-electron chi connectivity index (χ4n) is 4.49. The SMILES string of the molecule is CN1CCc2ccc(NC(=O)c3cccc(CNC(=O)c4ccc5cc(N)ccc5c4)c3)cc2C1. The van der Waals surface area contributed by atoms with Crippen LogP contribution in [0.5, 0.6) is 0 Å². The average molecular weight is 465 g/mol. The third kappa shape index (κ3) is 5.18. The molecule has 6 nitrogen and oxygen atoms in total. The lowest BCUT2D eigenvalue weighted by atomic mass is 9.99. The number of fused-ring (bicyclic) bond motifs is 2. The third-order valence-electron chi connectivity index (χ3n) is 6.44. The van der Waals surface area contributed by atoms with Crippen molar-refractivity contribution in [3.63, 3.8) is 0 Å². The van der Waals surface area contributed by atoms with Gasteiger partial charge in [-0.2, -0.15) is 0 Å². The van der Waals surface area contributed by atoms with Gasteiger partial charge in [-0.1, -0.05) is 30.3 Å². The van der Waals surface area contributed by atoms with E-state index in [9.17, 15) is 9.59 Å². The summed E-state index contributed by atoms with van der Waals surface area (Å²) >= 11 is 0. The molecule has 0 aliphatic carbocycles. The number of carbonyl (C=O) groups excluding carboxylic acids is 2. The summed E-state index contributed by atoms with van der Waals surface area (Å²) in [6.07, 6.45) is 1.03. The summed E-state index contributed by atoms with van der Waals surface area (Å²) in [6, 6.07) is 24.6. The Morgan fingerprint density at radius 3 is 2.54 bits per heavy atom. The van der Waals surface area contributed by atoms with Crippen LogP contribution >= 0.6 is 0 Å². The van der Waals surface area contributed by atoms with E-state index in [0.29, 0.717) is 23.4 Å².